The van der Waals surface area contributed by atoms with E-state index >= 15 is 0 Å². The van der Waals surface area contributed by atoms with E-state index in [4.69, 9.17) is 0 Å². The summed E-state index contributed by atoms with van der Waals surface area (Å²) in [6.45, 7) is 3.88. The lowest BCUT2D eigenvalue weighted by molar-refractivity contribution is -0.115. The van der Waals surface area contributed by atoms with Crippen LogP contribution in [0.4, 0.5) is 5.69 Å². The minimum Gasteiger partial charge on any atom is -0.325 e. The molecule has 0 spiro atoms. The van der Waals surface area contributed by atoms with Gasteiger partial charge >= 0.3 is 0 Å². The first kappa shape index (κ1) is 15.1. The zero-order valence-corrected chi connectivity index (χ0v) is 13.7. The molecule has 1 atom stereocenters. The zero-order chi connectivity index (χ0) is 15.5. The number of fused-ring (bicyclic) bond motifs is 1. The van der Waals surface area contributed by atoms with E-state index in [1.54, 1.807) is 0 Å². The molecule has 1 heterocycles. The minimum atomic E-state index is -0.242. The van der Waals surface area contributed by atoms with Crippen molar-refractivity contribution in [2.24, 2.45) is 0 Å². The lowest BCUT2D eigenvalue weighted by Gasteiger charge is -2.11. The number of aryl methyl sites for hydroxylation is 3. The van der Waals surface area contributed by atoms with Crippen LogP contribution in [0.1, 0.15) is 37.2 Å². The van der Waals surface area contributed by atoms with E-state index in [0.29, 0.717) is 5.16 Å². The monoisotopic (exact) mass is 316 g/mol. The second-order valence-electron chi connectivity index (χ2n) is 5.50. The van der Waals surface area contributed by atoms with Gasteiger partial charge in [-0.1, -0.05) is 24.8 Å². The van der Waals surface area contributed by atoms with Crippen molar-refractivity contribution >= 4 is 23.4 Å². The van der Waals surface area contributed by atoms with Gasteiger partial charge in [0.1, 0.15) is 5.82 Å². The molecule has 3 rings (SSSR count). The number of amides is 1. The van der Waals surface area contributed by atoms with Crippen molar-refractivity contribution in [2.45, 2.75) is 49.9 Å². The van der Waals surface area contributed by atoms with Gasteiger partial charge in [0.25, 0.3) is 0 Å². The van der Waals surface area contributed by atoms with Crippen LogP contribution in [0.2, 0.25) is 0 Å². The SMILES string of the molecule is CCc1nc(SC(C)C(=O)Nc2ccc3c(c2)CCC3)n[nH]1. The van der Waals surface area contributed by atoms with E-state index in [-0.39, 0.29) is 11.2 Å². The lowest BCUT2D eigenvalue weighted by Crippen LogP contribution is -2.22. The molecule has 1 aliphatic rings. The number of aromatic nitrogens is 3. The van der Waals surface area contributed by atoms with Crippen LogP contribution in [0.25, 0.3) is 0 Å². The number of carbonyl (C=O) groups excluding carboxylic acids is 1. The average Bonchev–Trinajstić information content (AvgIpc) is 3.15. The molecule has 5 nitrogen and oxygen atoms in total. The van der Waals surface area contributed by atoms with Crippen molar-refractivity contribution in [1.29, 1.82) is 0 Å². The molecule has 1 aromatic carbocycles. The number of H-pyrrole nitrogens is 1. The highest BCUT2D eigenvalue weighted by molar-refractivity contribution is 8.00. The predicted octanol–water partition coefficient (Wildman–Crippen LogP) is 2.98. The zero-order valence-electron chi connectivity index (χ0n) is 12.8. The van der Waals surface area contributed by atoms with Crippen molar-refractivity contribution in [1.82, 2.24) is 15.2 Å². The number of hydrogen-bond donors (Lipinski definition) is 2. The number of thioether (sulfide) groups is 1. The standard InChI is InChI=1S/C16H20N4OS/c1-3-14-18-16(20-19-14)22-10(2)15(21)17-13-8-7-11-5-4-6-12(11)9-13/h7-10H,3-6H2,1-2H3,(H,17,21)(H,18,19,20). The fraction of sp³-hybridized carbons (Fsp3) is 0.438. The molecule has 1 unspecified atom stereocenters. The fourth-order valence-corrected chi connectivity index (χ4v) is 3.34. The summed E-state index contributed by atoms with van der Waals surface area (Å²) in [6, 6.07) is 6.21. The lowest BCUT2D eigenvalue weighted by atomic mass is 10.1. The highest BCUT2D eigenvalue weighted by atomic mass is 32.2. The topological polar surface area (TPSA) is 70.7 Å². The van der Waals surface area contributed by atoms with Gasteiger partial charge in [-0.15, -0.1) is 5.10 Å². The summed E-state index contributed by atoms with van der Waals surface area (Å²) >= 11 is 1.37. The quantitative estimate of drug-likeness (QED) is 0.832. The second kappa shape index (κ2) is 6.52. The number of anilines is 1. The summed E-state index contributed by atoms with van der Waals surface area (Å²) in [5, 5.41) is 10.3. The van der Waals surface area contributed by atoms with Crippen LogP contribution in [0.5, 0.6) is 0 Å². The Kier molecular flexibility index (Phi) is 4.47. The molecule has 0 radical (unpaired) electrons. The average molecular weight is 316 g/mol. The van der Waals surface area contributed by atoms with Crippen molar-refractivity contribution in [2.75, 3.05) is 5.32 Å². The third-order valence-electron chi connectivity index (χ3n) is 3.86. The van der Waals surface area contributed by atoms with Crippen molar-refractivity contribution in [3.63, 3.8) is 0 Å². The molecule has 0 saturated carbocycles. The van der Waals surface area contributed by atoms with Crippen LogP contribution in [0, 0.1) is 0 Å². The molecule has 1 aromatic heterocycles. The van der Waals surface area contributed by atoms with Gasteiger partial charge in [0.2, 0.25) is 11.1 Å². The Bertz CT molecular complexity index is 683. The molecule has 1 aliphatic carbocycles. The summed E-state index contributed by atoms with van der Waals surface area (Å²) in [7, 11) is 0. The number of nitrogens with one attached hydrogen (secondary N) is 2. The van der Waals surface area contributed by atoms with Gasteiger partial charge in [-0.05, 0) is 49.4 Å². The number of benzene rings is 1. The minimum absolute atomic E-state index is 0.0224. The molecular weight excluding hydrogens is 296 g/mol. The van der Waals surface area contributed by atoms with E-state index in [2.05, 4.69) is 32.6 Å². The molecule has 2 N–H and O–H groups in total. The Morgan fingerprint density at radius 1 is 1.41 bits per heavy atom. The van der Waals surface area contributed by atoms with Gasteiger partial charge in [0, 0.05) is 12.1 Å². The molecule has 0 fully saturated rings. The Morgan fingerprint density at radius 3 is 3.00 bits per heavy atom. The van der Waals surface area contributed by atoms with Crippen molar-refractivity contribution in [3.05, 3.63) is 35.2 Å². The molecule has 22 heavy (non-hydrogen) atoms. The number of carbonyl (C=O) groups is 1. The Labute approximate surface area is 134 Å². The summed E-state index contributed by atoms with van der Waals surface area (Å²) < 4.78 is 0. The van der Waals surface area contributed by atoms with Gasteiger partial charge in [-0.2, -0.15) is 0 Å². The summed E-state index contributed by atoms with van der Waals surface area (Å²) in [4.78, 5) is 16.6. The summed E-state index contributed by atoms with van der Waals surface area (Å²) in [5.74, 6) is 0.819. The molecule has 6 heteroatoms. The second-order valence-corrected chi connectivity index (χ2v) is 6.81. The molecule has 0 aliphatic heterocycles. The van der Waals surface area contributed by atoms with E-state index in [1.807, 2.05) is 19.9 Å². The van der Waals surface area contributed by atoms with Crippen LogP contribution in [-0.2, 0) is 24.1 Å². The normalized spacial score (nSPS) is 14.6. The maximum absolute atomic E-state index is 12.3. The number of hydrogen-bond acceptors (Lipinski definition) is 4. The van der Waals surface area contributed by atoms with Crippen LogP contribution >= 0.6 is 11.8 Å². The molecule has 116 valence electrons. The maximum Gasteiger partial charge on any atom is 0.237 e. The first-order valence-electron chi connectivity index (χ1n) is 7.66. The highest BCUT2D eigenvalue weighted by Crippen LogP contribution is 2.26. The largest absolute Gasteiger partial charge is 0.325 e. The molecular formula is C16H20N4OS. The van der Waals surface area contributed by atoms with Crippen LogP contribution in [0.3, 0.4) is 0 Å². The van der Waals surface area contributed by atoms with Crippen molar-refractivity contribution < 1.29 is 4.79 Å². The number of rotatable bonds is 5. The first-order chi connectivity index (χ1) is 10.7. The highest BCUT2D eigenvalue weighted by Gasteiger charge is 2.18. The van der Waals surface area contributed by atoms with Gasteiger partial charge in [-0.3, -0.25) is 9.89 Å². The third-order valence-corrected chi connectivity index (χ3v) is 4.82. The van der Waals surface area contributed by atoms with Crippen LogP contribution in [-0.4, -0.2) is 26.3 Å². The Morgan fingerprint density at radius 2 is 2.23 bits per heavy atom. The Hall–Kier alpha value is -1.82. The number of nitrogens with zero attached hydrogens (tertiary/aromatic N) is 2. The van der Waals surface area contributed by atoms with Gasteiger partial charge < -0.3 is 5.32 Å². The van der Waals surface area contributed by atoms with Gasteiger partial charge in [0.15, 0.2) is 0 Å². The smallest absolute Gasteiger partial charge is 0.237 e. The first-order valence-corrected chi connectivity index (χ1v) is 8.54. The Balaban J connectivity index is 1.61. The van der Waals surface area contributed by atoms with E-state index in [0.717, 1.165) is 30.8 Å². The van der Waals surface area contributed by atoms with E-state index < -0.39 is 0 Å². The molecule has 1 amide bonds. The third kappa shape index (κ3) is 3.32. The van der Waals surface area contributed by atoms with Gasteiger partial charge in [0.05, 0.1) is 5.25 Å². The van der Waals surface area contributed by atoms with Crippen LogP contribution in [0.15, 0.2) is 23.4 Å². The van der Waals surface area contributed by atoms with Crippen molar-refractivity contribution in [3.8, 4) is 0 Å². The molecule has 0 bridgehead atoms. The van der Waals surface area contributed by atoms with E-state index in [1.165, 1.54) is 29.3 Å². The molecule has 0 saturated heterocycles. The fourth-order valence-electron chi connectivity index (χ4n) is 2.59. The maximum atomic E-state index is 12.3. The van der Waals surface area contributed by atoms with E-state index in [9.17, 15) is 4.79 Å². The summed E-state index contributed by atoms with van der Waals surface area (Å²) in [5.41, 5.74) is 3.65. The summed E-state index contributed by atoms with van der Waals surface area (Å²) in [6.07, 6.45) is 4.29. The molecule has 2 aromatic rings. The van der Waals surface area contributed by atoms with Crippen LogP contribution < -0.4 is 5.32 Å². The predicted molar refractivity (Wildman–Crippen MR) is 88.2 cm³/mol. The van der Waals surface area contributed by atoms with Gasteiger partial charge in [-0.25, -0.2) is 4.98 Å². The number of aromatic amines is 1.